The molecule has 1 aliphatic rings. The highest BCUT2D eigenvalue weighted by Crippen LogP contribution is 2.40. The second-order valence-electron chi connectivity index (χ2n) is 6.50. The van der Waals surface area contributed by atoms with Crippen LogP contribution in [0.1, 0.15) is 48.0 Å². The van der Waals surface area contributed by atoms with E-state index >= 15 is 0 Å². The molecule has 1 heteroatoms. The Morgan fingerprint density at radius 1 is 0.923 bits per heavy atom. The smallest absolute Gasteiger partial charge is 0.00390 e. The average Bonchev–Trinajstić information content (AvgIpc) is 1.79. The fraction of sp³-hybridized carbons (Fsp3) is 1.00. The molecule has 0 aromatic carbocycles. The number of piperidine rings is 1. The summed E-state index contributed by atoms with van der Waals surface area (Å²) in [6.07, 6.45) is 1.35. The summed E-state index contributed by atoms with van der Waals surface area (Å²) in [6.45, 7) is 16.7. The van der Waals surface area contributed by atoms with E-state index in [2.05, 4.69) is 46.4 Å². The number of nitrogens with zero attached hydrogens (tertiary/aromatic N) is 1. The summed E-state index contributed by atoms with van der Waals surface area (Å²) in [6, 6.07) is 0.693. The predicted octanol–water partition coefficient (Wildman–Crippen LogP) is 3.15. The van der Waals surface area contributed by atoms with Gasteiger partial charge in [0.25, 0.3) is 0 Å². The van der Waals surface area contributed by atoms with Gasteiger partial charge in [0.1, 0.15) is 0 Å². The van der Waals surface area contributed by atoms with E-state index in [0.717, 1.165) is 0 Å². The molecule has 1 aliphatic heterocycles. The topological polar surface area (TPSA) is 3.24 Å². The van der Waals surface area contributed by atoms with Gasteiger partial charge < -0.3 is 0 Å². The van der Waals surface area contributed by atoms with Crippen LogP contribution < -0.4 is 0 Å². The first-order chi connectivity index (χ1) is 5.72. The minimum Gasteiger partial charge on any atom is -0.300 e. The van der Waals surface area contributed by atoms with Gasteiger partial charge in [-0.25, -0.2) is 0 Å². The van der Waals surface area contributed by atoms with Crippen LogP contribution in [0.4, 0.5) is 0 Å². The van der Waals surface area contributed by atoms with Gasteiger partial charge >= 0.3 is 0 Å². The van der Waals surface area contributed by atoms with Gasteiger partial charge in [0.2, 0.25) is 0 Å². The zero-order chi connectivity index (χ0) is 10.3. The van der Waals surface area contributed by atoms with Gasteiger partial charge in [-0.05, 0) is 31.1 Å². The molecule has 1 rings (SSSR count). The predicted molar refractivity (Wildman–Crippen MR) is 58.9 cm³/mol. The molecule has 1 fully saturated rings. The Bertz CT molecular complexity index is 164. The molecule has 0 spiro atoms. The number of hydrogen-bond acceptors (Lipinski definition) is 1. The Balaban J connectivity index is 2.72. The van der Waals surface area contributed by atoms with Gasteiger partial charge in [-0.3, -0.25) is 4.90 Å². The van der Waals surface area contributed by atoms with Gasteiger partial charge in [0.05, 0.1) is 0 Å². The summed E-state index contributed by atoms with van der Waals surface area (Å²) in [5.74, 6) is 0. The van der Waals surface area contributed by atoms with Crippen LogP contribution in [0, 0.1) is 10.8 Å². The van der Waals surface area contributed by atoms with Crippen molar-refractivity contribution in [2.45, 2.75) is 54.0 Å². The van der Waals surface area contributed by atoms with E-state index in [9.17, 15) is 0 Å². The molecule has 0 amide bonds. The van der Waals surface area contributed by atoms with E-state index in [-0.39, 0.29) is 0 Å². The van der Waals surface area contributed by atoms with Gasteiger partial charge in [0, 0.05) is 19.1 Å². The van der Waals surface area contributed by atoms with Crippen LogP contribution in [-0.4, -0.2) is 24.0 Å². The zero-order valence-corrected chi connectivity index (χ0v) is 10.1. The SMILES string of the molecule is CC(C)N1CC(C)(C)CC(C)(C)C1. The van der Waals surface area contributed by atoms with Crippen molar-refractivity contribution in [1.82, 2.24) is 4.90 Å². The van der Waals surface area contributed by atoms with E-state index in [1.165, 1.54) is 19.5 Å². The van der Waals surface area contributed by atoms with Crippen LogP contribution in [0.2, 0.25) is 0 Å². The lowest BCUT2D eigenvalue weighted by molar-refractivity contribution is 0.00992. The molecule has 0 aliphatic carbocycles. The zero-order valence-electron chi connectivity index (χ0n) is 10.1. The fourth-order valence-electron chi connectivity index (χ4n) is 2.93. The van der Waals surface area contributed by atoms with Crippen LogP contribution in [0.15, 0.2) is 0 Å². The maximum atomic E-state index is 2.61. The fourth-order valence-corrected chi connectivity index (χ4v) is 2.93. The second kappa shape index (κ2) is 3.27. The largest absolute Gasteiger partial charge is 0.300 e. The van der Waals surface area contributed by atoms with Crippen molar-refractivity contribution < 1.29 is 0 Å². The highest BCUT2D eigenvalue weighted by atomic mass is 15.2. The van der Waals surface area contributed by atoms with E-state index in [1.807, 2.05) is 0 Å². The molecule has 78 valence electrons. The van der Waals surface area contributed by atoms with Gasteiger partial charge in [0.15, 0.2) is 0 Å². The van der Waals surface area contributed by atoms with Gasteiger partial charge in [-0.1, -0.05) is 27.7 Å². The molecule has 0 aromatic heterocycles. The number of likely N-dealkylation sites (tertiary alicyclic amines) is 1. The van der Waals surface area contributed by atoms with Crippen molar-refractivity contribution in [3.05, 3.63) is 0 Å². The van der Waals surface area contributed by atoms with E-state index in [0.29, 0.717) is 16.9 Å². The molecular weight excluding hydrogens is 158 g/mol. The molecule has 13 heavy (non-hydrogen) atoms. The Kier molecular flexibility index (Phi) is 2.78. The molecule has 1 heterocycles. The third kappa shape index (κ3) is 2.98. The molecule has 0 bridgehead atoms. The lowest BCUT2D eigenvalue weighted by atomic mass is 9.71. The third-order valence-electron chi connectivity index (χ3n) is 2.95. The summed E-state index contributed by atoms with van der Waals surface area (Å²) >= 11 is 0. The molecule has 1 nitrogen and oxygen atoms in total. The summed E-state index contributed by atoms with van der Waals surface area (Å²) in [5, 5.41) is 0. The quantitative estimate of drug-likeness (QED) is 0.603. The first kappa shape index (κ1) is 11.0. The molecule has 0 unspecified atom stereocenters. The van der Waals surface area contributed by atoms with Crippen molar-refractivity contribution in [2.75, 3.05) is 13.1 Å². The van der Waals surface area contributed by atoms with Crippen LogP contribution in [0.5, 0.6) is 0 Å². The minimum absolute atomic E-state index is 0.492. The van der Waals surface area contributed by atoms with Crippen molar-refractivity contribution in [2.24, 2.45) is 10.8 Å². The molecule has 0 radical (unpaired) electrons. The molecule has 0 saturated carbocycles. The molecule has 0 aromatic rings. The van der Waals surface area contributed by atoms with Gasteiger partial charge in [-0.15, -0.1) is 0 Å². The van der Waals surface area contributed by atoms with Crippen molar-refractivity contribution in [3.63, 3.8) is 0 Å². The summed E-state index contributed by atoms with van der Waals surface area (Å²) in [5.41, 5.74) is 0.984. The molecule has 0 N–H and O–H groups in total. The number of rotatable bonds is 1. The Labute approximate surface area is 83.5 Å². The molecule has 1 saturated heterocycles. The van der Waals surface area contributed by atoms with Crippen molar-refractivity contribution >= 4 is 0 Å². The highest BCUT2D eigenvalue weighted by Gasteiger charge is 2.37. The summed E-state index contributed by atoms with van der Waals surface area (Å²) in [7, 11) is 0. The molecule has 0 atom stereocenters. The first-order valence-electron chi connectivity index (χ1n) is 5.46. The van der Waals surface area contributed by atoms with E-state index in [4.69, 9.17) is 0 Å². The normalized spacial score (nSPS) is 27.9. The molecular formula is C12H25N. The van der Waals surface area contributed by atoms with Crippen molar-refractivity contribution in [1.29, 1.82) is 0 Å². The van der Waals surface area contributed by atoms with E-state index < -0.39 is 0 Å². The average molecular weight is 183 g/mol. The third-order valence-corrected chi connectivity index (χ3v) is 2.95. The minimum atomic E-state index is 0.492. The Hall–Kier alpha value is -0.0400. The maximum absolute atomic E-state index is 2.61. The second-order valence-corrected chi connectivity index (χ2v) is 6.50. The maximum Gasteiger partial charge on any atom is 0.00390 e. The van der Waals surface area contributed by atoms with Crippen LogP contribution in [0.25, 0.3) is 0 Å². The van der Waals surface area contributed by atoms with Crippen LogP contribution in [0.3, 0.4) is 0 Å². The van der Waals surface area contributed by atoms with Crippen LogP contribution >= 0.6 is 0 Å². The lowest BCUT2D eigenvalue weighted by Gasteiger charge is -2.48. The Morgan fingerprint density at radius 3 is 1.62 bits per heavy atom. The lowest BCUT2D eigenvalue weighted by Crippen LogP contribution is -2.50. The Morgan fingerprint density at radius 2 is 1.31 bits per heavy atom. The van der Waals surface area contributed by atoms with Crippen LogP contribution in [-0.2, 0) is 0 Å². The highest BCUT2D eigenvalue weighted by molar-refractivity contribution is 4.90. The van der Waals surface area contributed by atoms with E-state index in [1.54, 1.807) is 0 Å². The summed E-state index contributed by atoms with van der Waals surface area (Å²) in [4.78, 5) is 2.61. The number of hydrogen-bond donors (Lipinski definition) is 0. The standard InChI is InChI=1S/C12H25N/c1-10(2)13-8-11(3,4)7-12(5,6)9-13/h10H,7-9H2,1-6H3. The monoisotopic (exact) mass is 183 g/mol. The van der Waals surface area contributed by atoms with Gasteiger partial charge in [-0.2, -0.15) is 0 Å². The summed E-state index contributed by atoms with van der Waals surface area (Å²) < 4.78 is 0. The first-order valence-corrected chi connectivity index (χ1v) is 5.46. The van der Waals surface area contributed by atoms with Crippen molar-refractivity contribution in [3.8, 4) is 0 Å².